The molecule has 0 aliphatic carbocycles. The van der Waals surface area contributed by atoms with Crippen molar-refractivity contribution in [3.05, 3.63) is 34.2 Å². The molecule has 4 heteroatoms. The molecule has 4 nitrogen and oxygen atoms in total. The number of aromatic nitrogens is 1. The molecule has 0 aliphatic rings. The van der Waals surface area contributed by atoms with Crippen LogP contribution < -0.4 is 10.9 Å². The van der Waals surface area contributed by atoms with E-state index in [-0.39, 0.29) is 17.0 Å². The first-order chi connectivity index (χ1) is 7.44. The number of hydrogen-bond donors (Lipinski definition) is 2. The van der Waals surface area contributed by atoms with E-state index in [0.717, 1.165) is 12.8 Å². The molecule has 0 spiro atoms. The predicted octanol–water partition coefficient (Wildman–Crippen LogP) is 1.68. The highest BCUT2D eigenvalue weighted by Crippen LogP contribution is 2.11. The summed E-state index contributed by atoms with van der Waals surface area (Å²) in [5.74, 6) is -0.240. The lowest BCUT2D eigenvalue weighted by Gasteiger charge is -2.25. The summed E-state index contributed by atoms with van der Waals surface area (Å²) in [4.78, 5) is 25.4. The van der Waals surface area contributed by atoms with Gasteiger partial charge in [0, 0.05) is 11.6 Å². The number of carbonyl (C=O) groups excluding carboxylic acids is 1. The van der Waals surface area contributed by atoms with Gasteiger partial charge in [0.05, 0.1) is 0 Å². The van der Waals surface area contributed by atoms with E-state index < -0.39 is 0 Å². The number of H-pyrrole nitrogens is 1. The van der Waals surface area contributed by atoms with Gasteiger partial charge in [0.2, 0.25) is 5.56 Å². The lowest BCUT2D eigenvalue weighted by Crippen LogP contribution is -2.43. The third-order valence-corrected chi connectivity index (χ3v) is 2.34. The van der Waals surface area contributed by atoms with Gasteiger partial charge < -0.3 is 10.3 Å². The fourth-order valence-corrected chi connectivity index (χ4v) is 1.64. The summed E-state index contributed by atoms with van der Waals surface area (Å²) >= 11 is 0. The number of hydrogen-bond acceptors (Lipinski definition) is 2. The van der Waals surface area contributed by atoms with Crippen LogP contribution in [0.4, 0.5) is 0 Å². The van der Waals surface area contributed by atoms with E-state index in [0.29, 0.717) is 5.69 Å². The molecule has 0 aromatic carbocycles. The molecule has 2 N–H and O–H groups in total. The van der Waals surface area contributed by atoms with Crippen molar-refractivity contribution in [1.82, 2.24) is 10.3 Å². The predicted molar refractivity (Wildman–Crippen MR) is 63.5 cm³/mol. The van der Waals surface area contributed by atoms with Gasteiger partial charge in [-0.25, -0.2) is 0 Å². The first kappa shape index (κ1) is 12.5. The molecule has 0 unspecified atom stereocenters. The maximum absolute atomic E-state index is 11.8. The fourth-order valence-electron chi connectivity index (χ4n) is 1.64. The van der Waals surface area contributed by atoms with Crippen molar-refractivity contribution in [3.8, 4) is 0 Å². The van der Waals surface area contributed by atoms with Crippen LogP contribution in [0.2, 0.25) is 0 Å². The molecule has 0 bridgehead atoms. The van der Waals surface area contributed by atoms with E-state index in [4.69, 9.17) is 0 Å². The Labute approximate surface area is 95.1 Å². The van der Waals surface area contributed by atoms with Crippen molar-refractivity contribution in [2.75, 3.05) is 0 Å². The molecule has 1 aromatic rings. The average molecular weight is 222 g/mol. The monoisotopic (exact) mass is 222 g/mol. The minimum Gasteiger partial charge on any atom is -0.346 e. The topological polar surface area (TPSA) is 62.0 Å². The highest BCUT2D eigenvalue weighted by molar-refractivity contribution is 5.92. The van der Waals surface area contributed by atoms with Crippen LogP contribution in [-0.4, -0.2) is 16.4 Å². The van der Waals surface area contributed by atoms with Gasteiger partial charge in [-0.2, -0.15) is 0 Å². The number of nitrogens with one attached hydrogen (secondary N) is 2. The van der Waals surface area contributed by atoms with E-state index in [1.54, 1.807) is 12.1 Å². The van der Waals surface area contributed by atoms with Crippen LogP contribution in [0.25, 0.3) is 0 Å². The number of amides is 1. The Morgan fingerprint density at radius 1 is 1.44 bits per heavy atom. The van der Waals surface area contributed by atoms with Crippen LogP contribution in [0.15, 0.2) is 23.0 Å². The molecule has 0 atom stereocenters. The smallest absolute Gasteiger partial charge is 0.268 e. The molecule has 0 saturated heterocycles. The zero-order valence-corrected chi connectivity index (χ0v) is 9.96. The highest BCUT2D eigenvalue weighted by atomic mass is 16.2. The zero-order valence-electron chi connectivity index (χ0n) is 9.96. The number of pyridine rings is 1. The van der Waals surface area contributed by atoms with Crippen LogP contribution in [-0.2, 0) is 0 Å². The molecule has 0 aliphatic heterocycles. The second-order valence-corrected chi connectivity index (χ2v) is 4.52. The fraction of sp³-hybridized carbons (Fsp3) is 0.500. The standard InChI is InChI=1S/C12H18N2O2/c1-4-8-12(2,3)14-11(16)9-6-5-7-10(15)13-9/h5-7H,4,8H2,1-3H3,(H,13,15)(H,14,16). The Bertz CT molecular complexity index is 421. The van der Waals surface area contributed by atoms with Gasteiger partial charge in [0.1, 0.15) is 5.69 Å². The molecule has 88 valence electrons. The number of rotatable bonds is 4. The lowest BCUT2D eigenvalue weighted by atomic mass is 9.99. The average Bonchev–Trinajstić information content (AvgIpc) is 2.16. The maximum Gasteiger partial charge on any atom is 0.268 e. The summed E-state index contributed by atoms with van der Waals surface area (Å²) in [6, 6.07) is 4.55. The van der Waals surface area contributed by atoms with E-state index in [2.05, 4.69) is 17.2 Å². The number of aromatic amines is 1. The summed E-state index contributed by atoms with van der Waals surface area (Å²) in [7, 11) is 0. The van der Waals surface area contributed by atoms with Gasteiger partial charge in [-0.15, -0.1) is 0 Å². The molecular formula is C12H18N2O2. The third-order valence-electron chi connectivity index (χ3n) is 2.34. The Kier molecular flexibility index (Phi) is 3.88. The van der Waals surface area contributed by atoms with Crippen molar-refractivity contribution < 1.29 is 4.79 Å². The normalized spacial score (nSPS) is 11.2. The van der Waals surface area contributed by atoms with Gasteiger partial charge in [0.15, 0.2) is 0 Å². The van der Waals surface area contributed by atoms with Crippen molar-refractivity contribution in [2.24, 2.45) is 0 Å². The summed E-state index contributed by atoms with van der Waals surface area (Å²) in [5.41, 5.74) is -0.212. The molecule has 16 heavy (non-hydrogen) atoms. The lowest BCUT2D eigenvalue weighted by molar-refractivity contribution is 0.0903. The Morgan fingerprint density at radius 3 is 2.69 bits per heavy atom. The Hall–Kier alpha value is -1.58. The van der Waals surface area contributed by atoms with Crippen molar-refractivity contribution in [2.45, 2.75) is 39.2 Å². The van der Waals surface area contributed by atoms with Crippen LogP contribution in [0.1, 0.15) is 44.1 Å². The first-order valence-corrected chi connectivity index (χ1v) is 5.46. The molecule has 1 amide bonds. The van der Waals surface area contributed by atoms with Crippen LogP contribution in [0, 0.1) is 0 Å². The quantitative estimate of drug-likeness (QED) is 0.814. The Balaban J connectivity index is 2.76. The van der Waals surface area contributed by atoms with E-state index in [1.807, 2.05) is 13.8 Å². The van der Waals surface area contributed by atoms with Crippen molar-refractivity contribution in [1.29, 1.82) is 0 Å². The minimum absolute atomic E-state index is 0.240. The van der Waals surface area contributed by atoms with Gasteiger partial charge in [-0.1, -0.05) is 19.4 Å². The van der Waals surface area contributed by atoms with E-state index >= 15 is 0 Å². The minimum atomic E-state index is -0.263. The Morgan fingerprint density at radius 2 is 2.12 bits per heavy atom. The van der Waals surface area contributed by atoms with Gasteiger partial charge >= 0.3 is 0 Å². The summed E-state index contributed by atoms with van der Waals surface area (Å²) in [5, 5.41) is 2.89. The van der Waals surface area contributed by atoms with Crippen molar-refractivity contribution in [3.63, 3.8) is 0 Å². The van der Waals surface area contributed by atoms with Crippen LogP contribution in [0.3, 0.4) is 0 Å². The SMILES string of the molecule is CCCC(C)(C)NC(=O)c1cccc(=O)[nH]1. The first-order valence-electron chi connectivity index (χ1n) is 5.46. The van der Waals surface area contributed by atoms with Crippen LogP contribution in [0.5, 0.6) is 0 Å². The second-order valence-electron chi connectivity index (χ2n) is 4.52. The molecule has 0 fully saturated rings. The zero-order chi connectivity index (χ0) is 12.2. The van der Waals surface area contributed by atoms with Crippen LogP contribution >= 0.6 is 0 Å². The molecular weight excluding hydrogens is 204 g/mol. The summed E-state index contributed by atoms with van der Waals surface area (Å²) in [6.45, 7) is 6.00. The molecule has 1 rings (SSSR count). The molecule has 0 saturated carbocycles. The highest BCUT2D eigenvalue weighted by Gasteiger charge is 2.20. The summed E-state index contributed by atoms with van der Waals surface area (Å²) < 4.78 is 0. The van der Waals surface area contributed by atoms with E-state index in [9.17, 15) is 9.59 Å². The van der Waals surface area contributed by atoms with Gasteiger partial charge in [-0.05, 0) is 26.3 Å². The molecule has 1 aromatic heterocycles. The maximum atomic E-state index is 11.8. The van der Waals surface area contributed by atoms with Gasteiger partial charge in [0.25, 0.3) is 5.91 Å². The number of carbonyl (C=O) groups is 1. The van der Waals surface area contributed by atoms with Crippen molar-refractivity contribution >= 4 is 5.91 Å². The molecule has 0 radical (unpaired) electrons. The summed E-state index contributed by atoms with van der Waals surface area (Å²) in [6.07, 6.45) is 1.90. The molecule has 1 heterocycles. The largest absolute Gasteiger partial charge is 0.346 e. The second kappa shape index (κ2) is 4.96. The third kappa shape index (κ3) is 3.53. The van der Waals surface area contributed by atoms with Gasteiger partial charge in [-0.3, -0.25) is 9.59 Å². The van der Waals surface area contributed by atoms with E-state index in [1.165, 1.54) is 6.07 Å².